The Kier molecular flexibility index (Phi) is 3.79. The summed E-state index contributed by atoms with van der Waals surface area (Å²) in [5, 5.41) is -0.0311. The molecule has 0 spiro atoms. The Morgan fingerprint density at radius 1 is 1.33 bits per heavy atom. The Labute approximate surface area is 108 Å². The van der Waals surface area contributed by atoms with Gasteiger partial charge in [0.15, 0.2) is 5.76 Å². The van der Waals surface area contributed by atoms with Gasteiger partial charge >= 0.3 is 0 Å². The first kappa shape index (κ1) is 12.8. The van der Waals surface area contributed by atoms with Gasteiger partial charge in [0.1, 0.15) is 11.6 Å². The molecule has 1 heterocycles. The maximum Gasteiger partial charge on any atom is 0.202 e. The van der Waals surface area contributed by atoms with Gasteiger partial charge in [-0.1, -0.05) is 23.7 Å². The second kappa shape index (κ2) is 5.33. The highest BCUT2D eigenvalue weighted by atomic mass is 35.5. The fraction of sp³-hybridized carbons (Fsp3) is 0.154. The number of hydrogen-bond donors (Lipinski definition) is 1. The summed E-state index contributed by atoms with van der Waals surface area (Å²) < 4.78 is 18.4. The minimum absolute atomic E-state index is 0.00584. The fourth-order valence-corrected chi connectivity index (χ4v) is 1.78. The number of carbonyl (C=O) groups is 1. The van der Waals surface area contributed by atoms with Crippen LogP contribution in [0.4, 0.5) is 4.39 Å². The van der Waals surface area contributed by atoms with E-state index < -0.39 is 5.82 Å². The quantitative estimate of drug-likeness (QED) is 0.867. The Morgan fingerprint density at radius 2 is 2.11 bits per heavy atom. The maximum absolute atomic E-state index is 13.2. The molecule has 1 aromatic heterocycles. The van der Waals surface area contributed by atoms with Crippen LogP contribution < -0.4 is 5.73 Å². The van der Waals surface area contributed by atoms with E-state index in [1.54, 1.807) is 18.2 Å². The lowest BCUT2D eigenvalue weighted by atomic mass is 10.1. The van der Waals surface area contributed by atoms with Crippen molar-refractivity contribution < 1.29 is 13.6 Å². The SMILES string of the molecule is NCc1ccc(C(=O)Cc2cccc(F)c2Cl)o1. The molecule has 2 rings (SSSR count). The van der Waals surface area contributed by atoms with Gasteiger partial charge < -0.3 is 10.2 Å². The van der Waals surface area contributed by atoms with E-state index in [9.17, 15) is 9.18 Å². The summed E-state index contributed by atoms with van der Waals surface area (Å²) in [6.45, 7) is 0.230. The summed E-state index contributed by atoms with van der Waals surface area (Å²) in [4.78, 5) is 11.9. The number of hydrogen-bond acceptors (Lipinski definition) is 3. The van der Waals surface area contributed by atoms with Gasteiger partial charge in [0, 0.05) is 6.42 Å². The number of nitrogens with two attached hydrogens (primary N) is 1. The number of Topliss-reactive ketones (excluding diaryl/α,β-unsaturated/α-hetero) is 1. The molecule has 18 heavy (non-hydrogen) atoms. The third kappa shape index (κ3) is 2.60. The van der Waals surface area contributed by atoms with Crippen molar-refractivity contribution in [3.8, 4) is 0 Å². The van der Waals surface area contributed by atoms with Crippen LogP contribution in [0.1, 0.15) is 21.9 Å². The van der Waals surface area contributed by atoms with Crippen molar-refractivity contribution in [3.63, 3.8) is 0 Å². The van der Waals surface area contributed by atoms with E-state index >= 15 is 0 Å². The highest BCUT2D eigenvalue weighted by molar-refractivity contribution is 6.31. The molecule has 3 nitrogen and oxygen atoms in total. The molecule has 0 aliphatic heterocycles. The number of halogens is 2. The summed E-state index contributed by atoms with van der Waals surface area (Å²) in [5.41, 5.74) is 5.82. The van der Waals surface area contributed by atoms with E-state index in [0.29, 0.717) is 11.3 Å². The van der Waals surface area contributed by atoms with Gasteiger partial charge in [-0.15, -0.1) is 0 Å². The van der Waals surface area contributed by atoms with E-state index in [2.05, 4.69) is 0 Å². The van der Waals surface area contributed by atoms with Crippen molar-refractivity contribution in [3.05, 3.63) is 58.3 Å². The zero-order valence-corrected chi connectivity index (χ0v) is 10.2. The predicted molar refractivity (Wildman–Crippen MR) is 66.0 cm³/mol. The van der Waals surface area contributed by atoms with Crippen molar-refractivity contribution in [1.82, 2.24) is 0 Å². The zero-order valence-electron chi connectivity index (χ0n) is 9.45. The van der Waals surface area contributed by atoms with Crippen molar-refractivity contribution >= 4 is 17.4 Å². The second-order valence-corrected chi connectivity index (χ2v) is 4.16. The molecule has 1 aromatic carbocycles. The highest BCUT2D eigenvalue weighted by Gasteiger charge is 2.14. The number of rotatable bonds is 4. The van der Waals surface area contributed by atoms with Crippen LogP contribution in [0.5, 0.6) is 0 Å². The Bertz CT molecular complexity index is 580. The minimum atomic E-state index is -0.538. The standard InChI is InChI=1S/C13H11ClFNO2/c14-13-8(2-1-3-10(13)15)6-11(17)12-5-4-9(7-16)18-12/h1-5H,6-7,16H2. The van der Waals surface area contributed by atoms with E-state index in [1.165, 1.54) is 12.1 Å². The number of furan rings is 1. The summed E-state index contributed by atoms with van der Waals surface area (Å²) in [7, 11) is 0. The molecule has 0 bridgehead atoms. The summed E-state index contributed by atoms with van der Waals surface area (Å²) in [5.74, 6) is -0.0641. The van der Waals surface area contributed by atoms with Crippen LogP contribution in [0.15, 0.2) is 34.7 Å². The first-order chi connectivity index (χ1) is 8.61. The molecule has 0 amide bonds. The van der Waals surface area contributed by atoms with Gasteiger partial charge in [0.2, 0.25) is 5.78 Å². The average Bonchev–Trinajstić information content (AvgIpc) is 2.83. The molecule has 0 radical (unpaired) electrons. The van der Waals surface area contributed by atoms with Crippen LogP contribution in [0.3, 0.4) is 0 Å². The molecule has 5 heteroatoms. The van der Waals surface area contributed by atoms with Crippen LogP contribution in [-0.4, -0.2) is 5.78 Å². The summed E-state index contributed by atoms with van der Waals surface area (Å²) in [6, 6.07) is 7.56. The zero-order chi connectivity index (χ0) is 13.1. The second-order valence-electron chi connectivity index (χ2n) is 3.78. The molecule has 94 valence electrons. The molecule has 2 N–H and O–H groups in total. The molecule has 0 aliphatic rings. The van der Waals surface area contributed by atoms with Gasteiger partial charge in [-0.25, -0.2) is 4.39 Å². The minimum Gasteiger partial charge on any atom is -0.457 e. The number of carbonyl (C=O) groups excluding carboxylic acids is 1. The van der Waals surface area contributed by atoms with Crippen LogP contribution in [0, 0.1) is 5.82 Å². The van der Waals surface area contributed by atoms with Gasteiger partial charge in [-0.2, -0.15) is 0 Å². The fourth-order valence-electron chi connectivity index (χ4n) is 1.58. The molecule has 0 fully saturated rings. The molecule has 0 saturated heterocycles. The lowest BCUT2D eigenvalue weighted by molar-refractivity contribution is 0.0964. The van der Waals surface area contributed by atoms with E-state index in [1.807, 2.05) is 0 Å². The van der Waals surface area contributed by atoms with Crippen molar-refractivity contribution in [2.24, 2.45) is 5.73 Å². The number of ketones is 1. The van der Waals surface area contributed by atoms with Crippen molar-refractivity contribution in [2.75, 3.05) is 0 Å². The van der Waals surface area contributed by atoms with Crippen LogP contribution in [0.2, 0.25) is 5.02 Å². The molecule has 0 aliphatic carbocycles. The molecular weight excluding hydrogens is 257 g/mol. The van der Waals surface area contributed by atoms with Crippen LogP contribution in [0.25, 0.3) is 0 Å². The highest BCUT2D eigenvalue weighted by Crippen LogP contribution is 2.21. The van der Waals surface area contributed by atoms with E-state index in [4.69, 9.17) is 21.8 Å². The van der Waals surface area contributed by atoms with Gasteiger partial charge in [-0.3, -0.25) is 4.79 Å². The molecule has 0 unspecified atom stereocenters. The first-order valence-electron chi connectivity index (χ1n) is 5.36. The lowest BCUT2D eigenvalue weighted by Gasteiger charge is -2.02. The number of benzene rings is 1. The normalized spacial score (nSPS) is 10.6. The molecule has 0 atom stereocenters. The molecular formula is C13H11ClFNO2. The molecule has 0 saturated carbocycles. The lowest BCUT2D eigenvalue weighted by Crippen LogP contribution is -2.03. The smallest absolute Gasteiger partial charge is 0.202 e. The summed E-state index contributed by atoms with van der Waals surface area (Å²) >= 11 is 5.78. The first-order valence-corrected chi connectivity index (χ1v) is 5.74. The Hall–Kier alpha value is -1.65. The van der Waals surface area contributed by atoms with Crippen molar-refractivity contribution in [1.29, 1.82) is 0 Å². The van der Waals surface area contributed by atoms with E-state index in [-0.39, 0.29) is 29.5 Å². The maximum atomic E-state index is 13.2. The van der Waals surface area contributed by atoms with Gasteiger partial charge in [0.25, 0.3) is 0 Å². The molecule has 2 aromatic rings. The predicted octanol–water partition coefficient (Wildman–Crippen LogP) is 2.96. The average molecular weight is 268 g/mol. The van der Waals surface area contributed by atoms with Crippen LogP contribution in [-0.2, 0) is 13.0 Å². The van der Waals surface area contributed by atoms with Crippen LogP contribution >= 0.6 is 11.6 Å². The topological polar surface area (TPSA) is 56.2 Å². The third-order valence-electron chi connectivity index (χ3n) is 2.52. The monoisotopic (exact) mass is 267 g/mol. The Morgan fingerprint density at radius 3 is 2.78 bits per heavy atom. The largest absolute Gasteiger partial charge is 0.457 e. The summed E-state index contributed by atoms with van der Waals surface area (Å²) in [6.07, 6.45) is -0.00584. The van der Waals surface area contributed by atoms with E-state index in [0.717, 1.165) is 0 Å². The Balaban J connectivity index is 2.18. The van der Waals surface area contributed by atoms with Crippen molar-refractivity contribution in [2.45, 2.75) is 13.0 Å². The van der Waals surface area contributed by atoms with Gasteiger partial charge in [-0.05, 0) is 23.8 Å². The van der Waals surface area contributed by atoms with Gasteiger partial charge in [0.05, 0.1) is 11.6 Å². The third-order valence-corrected chi connectivity index (χ3v) is 2.94.